The predicted molar refractivity (Wildman–Crippen MR) is 136 cm³/mol. The van der Waals surface area contributed by atoms with E-state index in [0.29, 0.717) is 47.0 Å². The zero-order chi connectivity index (χ0) is 27.0. The maximum Gasteiger partial charge on any atom is 0.308 e. The molecule has 2 bridgehead atoms. The molecule has 10 nitrogen and oxygen atoms in total. The standard InChI is InChI=1S/C28H32N4O6/c1-12-8-15-6-7-17-19(10-29)32-18(22(31(17)4)20(15)23(34)24(12)35-5)9-16-21(28(32)30)27-26(36-11-37-27)13(2)25(16)38-14(3)33/h8,17-19,22,28,34H,6-7,9,11,30H2,1-5H3/t17-,18?,19-,22-,28+/m0/s1. The van der Waals surface area contributed by atoms with Crippen molar-refractivity contribution in [2.24, 2.45) is 5.73 Å². The van der Waals surface area contributed by atoms with Gasteiger partial charge in [-0.3, -0.25) is 14.6 Å². The number of phenolic OH excluding ortho intramolecular Hbond substituents is 1. The molecule has 0 aromatic heterocycles. The van der Waals surface area contributed by atoms with Crippen molar-refractivity contribution in [3.63, 3.8) is 0 Å². The van der Waals surface area contributed by atoms with Crippen molar-refractivity contribution in [3.05, 3.63) is 39.4 Å². The summed E-state index contributed by atoms with van der Waals surface area (Å²) in [7, 11) is 3.57. The summed E-state index contributed by atoms with van der Waals surface area (Å²) in [6.45, 7) is 5.17. The predicted octanol–water partition coefficient (Wildman–Crippen LogP) is 2.75. The van der Waals surface area contributed by atoms with Gasteiger partial charge in [0.25, 0.3) is 0 Å². The number of benzene rings is 2. The van der Waals surface area contributed by atoms with Crippen LogP contribution in [0.3, 0.4) is 0 Å². The van der Waals surface area contributed by atoms with Crippen molar-refractivity contribution in [2.45, 2.75) is 70.4 Å². The maximum absolute atomic E-state index is 12.2. The zero-order valence-corrected chi connectivity index (χ0v) is 22.2. The number of aromatic hydroxyl groups is 1. The van der Waals surface area contributed by atoms with E-state index in [0.717, 1.165) is 28.7 Å². The molecular formula is C28H32N4O6. The second-order valence-electron chi connectivity index (χ2n) is 10.6. The third-order valence-corrected chi connectivity index (χ3v) is 8.72. The lowest BCUT2D eigenvalue weighted by Gasteiger charge is -2.56. The second kappa shape index (κ2) is 8.76. The van der Waals surface area contributed by atoms with Gasteiger partial charge < -0.3 is 29.8 Å². The Kier molecular flexibility index (Phi) is 5.72. The summed E-state index contributed by atoms with van der Waals surface area (Å²) in [4.78, 5) is 16.4. The summed E-state index contributed by atoms with van der Waals surface area (Å²) in [6.07, 6.45) is 1.16. The van der Waals surface area contributed by atoms with Crippen LogP contribution in [0.5, 0.6) is 28.7 Å². The number of carbonyl (C=O) groups excluding carboxylic acids is 1. The molecule has 0 amide bonds. The molecule has 3 N–H and O–H groups in total. The Morgan fingerprint density at radius 2 is 1.95 bits per heavy atom. The number of esters is 1. The molecule has 1 saturated heterocycles. The van der Waals surface area contributed by atoms with Crippen LogP contribution in [0.15, 0.2) is 6.07 Å². The molecule has 0 spiro atoms. The van der Waals surface area contributed by atoms with Crippen molar-refractivity contribution in [3.8, 4) is 34.8 Å². The van der Waals surface area contributed by atoms with Gasteiger partial charge in [-0.2, -0.15) is 5.26 Å². The normalized spacial score (nSPS) is 27.4. The highest BCUT2D eigenvalue weighted by Crippen LogP contribution is 2.56. The lowest BCUT2D eigenvalue weighted by Crippen LogP contribution is -2.66. The number of piperazine rings is 1. The van der Waals surface area contributed by atoms with E-state index >= 15 is 0 Å². The van der Waals surface area contributed by atoms with Crippen LogP contribution in [0.1, 0.15) is 58.9 Å². The molecule has 4 aliphatic heterocycles. The first-order chi connectivity index (χ1) is 18.2. The van der Waals surface area contributed by atoms with E-state index in [9.17, 15) is 15.2 Å². The number of nitrogens with zero attached hydrogens (tertiary/aromatic N) is 3. The fourth-order valence-electron chi connectivity index (χ4n) is 7.24. The van der Waals surface area contributed by atoms with Crippen molar-refractivity contribution < 1.29 is 28.8 Å². The van der Waals surface area contributed by atoms with Gasteiger partial charge in [0, 0.05) is 41.3 Å². The fraction of sp³-hybridized carbons (Fsp3) is 0.500. The van der Waals surface area contributed by atoms with Gasteiger partial charge in [0.1, 0.15) is 11.8 Å². The van der Waals surface area contributed by atoms with E-state index in [1.165, 1.54) is 6.92 Å². The van der Waals surface area contributed by atoms with E-state index in [1.54, 1.807) is 7.11 Å². The number of carbonyl (C=O) groups is 1. The van der Waals surface area contributed by atoms with Crippen molar-refractivity contribution in [1.29, 1.82) is 5.26 Å². The molecule has 0 saturated carbocycles. The minimum atomic E-state index is -0.714. The van der Waals surface area contributed by atoms with Crippen molar-refractivity contribution >= 4 is 5.97 Å². The number of fused-ring (bicyclic) bond motifs is 9. The van der Waals surface area contributed by atoms with E-state index in [-0.39, 0.29) is 30.7 Å². The number of hydrogen-bond donors (Lipinski definition) is 2. The molecule has 2 aromatic carbocycles. The van der Waals surface area contributed by atoms with E-state index in [2.05, 4.69) is 21.9 Å². The second-order valence-corrected chi connectivity index (χ2v) is 10.6. The highest BCUT2D eigenvalue weighted by molar-refractivity contribution is 5.74. The molecule has 6 rings (SSSR count). The monoisotopic (exact) mass is 520 g/mol. The lowest BCUT2D eigenvalue weighted by atomic mass is 9.78. The first-order valence-electron chi connectivity index (χ1n) is 12.9. The molecular weight excluding hydrogens is 488 g/mol. The van der Waals surface area contributed by atoms with Gasteiger partial charge in [-0.25, -0.2) is 0 Å². The molecule has 0 radical (unpaired) electrons. The van der Waals surface area contributed by atoms with Crippen LogP contribution in [-0.2, 0) is 17.6 Å². The number of hydrogen-bond acceptors (Lipinski definition) is 10. The van der Waals surface area contributed by atoms with E-state index in [1.807, 2.05) is 20.9 Å². The maximum atomic E-state index is 12.2. The summed E-state index contributed by atoms with van der Waals surface area (Å²) in [5, 5.41) is 22.0. The number of aryl methyl sites for hydroxylation is 2. The summed E-state index contributed by atoms with van der Waals surface area (Å²) < 4.78 is 23.0. The van der Waals surface area contributed by atoms with Gasteiger partial charge in [0.2, 0.25) is 6.79 Å². The van der Waals surface area contributed by atoms with Gasteiger partial charge >= 0.3 is 5.97 Å². The Labute approximate surface area is 221 Å². The molecule has 4 aliphatic rings. The Bertz CT molecular complexity index is 1400. The van der Waals surface area contributed by atoms with Crippen LogP contribution in [0.2, 0.25) is 0 Å². The summed E-state index contributed by atoms with van der Waals surface area (Å²) in [5.41, 5.74) is 11.8. The number of rotatable bonds is 2. The van der Waals surface area contributed by atoms with Crippen LogP contribution in [0.4, 0.5) is 0 Å². The molecule has 2 aromatic rings. The molecule has 0 aliphatic carbocycles. The number of nitriles is 1. The molecule has 38 heavy (non-hydrogen) atoms. The number of phenols is 1. The quantitative estimate of drug-likeness (QED) is 0.450. The minimum absolute atomic E-state index is 0.0400. The van der Waals surface area contributed by atoms with Gasteiger partial charge in [-0.1, -0.05) is 6.07 Å². The minimum Gasteiger partial charge on any atom is -0.504 e. The largest absolute Gasteiger partial charge is 0.504 e. The van der Waals surface area contributed by atoms with Gasteiger partial charge in [0.15, 0.2) is 23.0 Å². The first-order valence-corrected chi connectivity index (χ1v) is 12.9. The molecule has 4 heterocycles. The highest BCUT2D eigenvalue weighted by Gasteiger charge is 2.55. The first kappa shape index (κ1) is 24.8. The van der Waals surface area contributed by atoms with Crippen LogP contribution in [0.25, 0.3) is 0 Å². The third kappa shape index (κ3) is 3.25. The van der Waals surface area contributed by atoms with Crippen molar-refractivity contribution in [1.82, 2.24) is 9.80 Å². The number of likely N-dealkylation sites (N-methyl/N-ethyl adjacent to an activating group) is 1. The Morgan fingerprint density at radius 3 is 2.63 bits per heavy atom. The fourth-order valence-corrected chi connectivity index (χ4v) is 7.24. The lowest BCUT2D eigenvalue weighted by molar-refractivity contribution is -0.132. The Hall–Kier alpha value is -3.52. The molecule has 5 atom stereocenters. The molecule has 200 valence electrons. The van der Waals surface area contributed by atoms with Crippen LogP contribution in [0, 0.1) is 25.2 Å². The Morgan fingerprint density at radius 1 is 1.21 bits per heavy atom. The zero-order valence-electron chi connectivity index (χ0n) is 22.2. The third-order valence-electron chi connectivity index (χ3n) is 8.72. The topological polar surface area (TPSA) is 131 Å². The van der Waals surface area contributed by atoms with Crippen LogP contribution < -0.4 is 24.7 Å². The number of nitrogens with two attached hydrogens (primary N) is 1. The molecule has 1 fully saturated rings. The SMILES string of the molecule is COc1c(C)cc2c(c1O)[C@@H]1C3Cc4c(OC(C)=O)c(C)c5c(c4[C@H](N)N3[C@@H](C#N)[C@H](CC2)N1C)OCO5. The average Bonchev–Trinajstić information content (AvgIpc) is 3.32. The molecule has 10 heteroatoms. The van der Waals surface area contributed by atoms with Crippen molar-refractivity contribution in [2.75, 3.05) is 21.0 Å². The average molecular weight is 521 g/mol. The number of ether oxygens (including phenoxy) is 4. The van der Waals surface area contributed by atoms with E-state index < -0.39 is 18.2 Å². The smallest absolute Gasteiger partial charge is 0.308 e. The molecule has 1 unspecified atom stereocenters. The number of methoxy groups -OCH3 is 1. The van der Waals surface area contributed by atoms with Gasteiger partial charge in [-0.05, 0) is 51.3 Å². The highest BCUT2D eigenvalue weighted by atomic mass is 16.7. The van der Waals surface area contributed by atoms with E-state index in [4.69, 9.17) is 24.7 Å². The van der Waals surface area contributed by atoms with Crippen LogP contribution >= 0.6 is 0 Å². The Balaban J connectivity index is 1.61. The summed E-state index contributed by atoms with van der Waals surface area (Å²) in [5.74, 6) is 1.60. The van der Waals surface area contributed by atoms with Gasteiger partial charge in [0.05, 0.1) is 25.4 Å². The summed E-state index contributed by atoms with van der Waals surface area (Å²) in [6, 6.07) is 3.42. The van der Waals surface area contributed by atoms with Gasteiger partial charge in [-0.15, -0.1) is 0 Å². The summed E-state index contributed by atoms with van der Waals surface area (Å²) >= 11 is 0. The van der Waals surface area contributed by atoms with Crippen LogP contribution in [-0.4, -0.2) is 60.0 Å².